The Morgan fingerprint density at radius 3 is 2.40 bits per heavy atom. The Morgan fingerprint density at radius 2 is 1.78 bits per heavy atom. The number of aryl methyl sites for hydroxylation is 1. The highest BCUT2D eigenvalue weighted by molar-refractivity contribution is 6.07. The van der Waals surface area contributed by atoms with Gasteiger partial charge in [-0.15, -0.1) is 0 Å². The summed E-state index contributed by atoms with van der Waals surface area (Å²) in [6, 6.07) is 1.23. The maximum absolute atomic E-state index is 16.9. The lowest BCUT2D eigenvalue weighted by atomic mass is 9.78. The van der Waals surface area contributed by atoms with Crippen LogP contribution in [-0.2, 0) is 39.8 Å². The van der Waals surface area contributed by atoms with Gasteiger partial charge in [0, 0.05) is 62.4 Å². The van der Waals surface area contributed by atoms with E-state index in [1.807, 2.05) is 36.7 Å². The van der Waals surface area contributed by atoms with Gasteiger partial charge in [0.25, 0.3) is 5.67 Å². The van der Waals surface area contributed by atoms with Crippen LogP contribution in [0.25, 0.3) is 11.3 Å². The number of imidazole rings is 1. The number of fused-ring (bicyclic) bond motifs is 1. The van der Waals surface area contributed by atoms with Crippen LogP contribution in [0.5, 0.6) is 0 Å². The summed E-state index contributed by atoms with van der Waals surface area (Å²) in [5.41, 5.74) is -4.37. The molecule has 1 amide bonds. The summed E-state index contributed by atoms with van der Waals surface area (Å²) in [7, 11) is 4.68. The number of rotatable bonds is 12. The fraction of sp³-hybridized carbons (Fsp3) is 0.738. The molecule has 3 saturated heterocycles. The molecule has 17 nitrogen and oxygen atoms in total. The van der Waals surface area contributed by atoms with Gasteiger partial charge in [0.05, 0.1) is 42.4 Å². The monoisotopic (exact) mass is 848 g/mol. The van der Waals surface area contributed by atoms with Crippen molar-refractivity contribution in [3.8, 4) is 11.3 Å². The highest BCUT2D eigenvalue weighted by Crippen LogP contribution is 2.41. The molecule has 5 rings (SSSR count). The predicted octanol–water partition coefficient (Wildman–Crippen LogP) is 2.49. The normalized spacial score (nSPS) is 38.4. The van der Waals surface area contributed by atoms with Crippen LogP contribution in [0.2, 0.25) is 0 Å². The zero-order valence-corrected chi connectivity index (χ0v) is 36.5. The number of alkyl halides is 1. The zero-order valence-electron chi connectivity index (χ0n) is 36.5. The second-order valence-corrected chi connectivity index (χ2v) is 17.4. The average molecular weight is 849 g/mol. The van der Waals surface area contributed by atoms with Crippen LogP contribution in [0, 0.1) is 5.92 Å². The summed E-state index contributed by atoms with van der Waals surface area (Å²) in [4.78, 5) is 53.9. The molecule has 336 valence electrons. The number of pyridine rings is 1. The Balaban J connectivity index is 1.44. The summed E-state index contributed by atoms with van der Waals surface area (Å²) in [6.45, 7) is 11.4. The first kappa shape index (κ1) is 47.4. The number of hydrogen-bond donors (Lipinski definition) is 4. The van der Waals surface area contributed by atoms with Crippen molar-refractivity contribution < 1.29 is 57.8 Å². The van der Waals surface area contributed by atoms with Gasteiger partial charge < -0.3 is 53.8 Å². The topological polar surface area (TPSA) is 207 Å². The largest absolute Gasteiger partial charge is 0.455 e. The number of carbonyl (C=O) groups excluding carboxylic acids is 3. The molecule has 3 aliphatic rings. The molecular weight excluding hydrogens is 783 g/mol. The van der Waals surface area contributed by atoms with E-state index in [0.29, 0.717) is 25.9 Å². The molecule has 2 aromatic rings. The van der Waals surface area contributed by atoms with Crippen LogP contribution in [0.3, 0.4) is 0 Å². The Morgan fingerprint density at radius 1 is 1.08 bits per heavy atom. The van der Waals surface area contributed by atoms with E-state index < -0.39 is 108 Å². The number of ether oxygens (including phenoxy) is 5. The van der Waals surface area contributed by atoms with Gasteiger partial charge in [-0.3, -0.25) is 14.7 Å². The minimum atomic E-state index is -3.21. The lowest BCUT2D eigenvalue weighted by Crippen LogP contribution is -2.66. The number of aromatic nitrogens is 3. The van der Waals surface area contributed by atoms with E-state index in [1.54, 1.807) is 63.4 Å². The number of amides is 1. The summed E-state index contributed by atoms with van der Waals surface area (Å²) in [6.07, 6.45) is 0.161. The zero-order chi connectivity index (χ0) is 44.3. The summed E-state index contributed by atoms with van der Waals surface area (Å²) >= 11 is 0. The van der Waals surface area contributed by atoms with Crippen molar-refractivity contribution in [2.24, 2.45) is 5.92 Å². The van der Waals surface area contributed by atoms with Gasteiger partial charge >= 0.3 is 12.1 Å². The summed E-state index contributed by atoms with van der Waals surface area (Å²) < 4.78 is 49.3. The number of nitrogens with one attached hydrogen (secondary N) is 1. The van der Waals surface area contributed by atoms with Crippen molar-refractivity contribution in [2.45, 2.75) is 159 Å². The number of ketones is 1. The van der Waals surface area contributed by atoms with E-state index >= 15 is 4.39 Å². The number of methoxy groups -OCH3 is 1. The number of unbranched alkanes of at least 4 members (excludes halogenated alkanes) is 1. The highest BCUT2D eigenvalue weighted by atomic mass is 19.1. The predicted molar refractivity (Wildman–Crippen MR) is 216 cm³/mol. The van der Waals surface area contributed by atoms with Crippen molar-refractivity contribution in [3.63, 3.8) is 0 Å². The minimum Gasteiger partial charge on any atom is -0.455 e. The maximum Gasteiger partial charge on any atom is 0.410 e. The molecule has 0 unspecified atom stereocenters. The molecule has 0 bridgehead atoms. The van der Waals surface area contributed by atoms with E-state index in [2.05, 4.69) is 15.3 Å². The van der Waals surface area contributed by atoms with Gasteiger partial charge in [-0.2, -0.15) is 0 Å². The van der Waals surface area contributed by atoms with E-state index in [-0.39, 0.29) is 12.8 Å². The standard InChI is InChI=1S/C42H65FN6O11/c1-11-30-42(7)34(49(39(55)60-42)18-13-12-17-48-21-28(45-23-48)27-15-14-16-44-20-27)26(4)46-24(2)19-40(5,56-10)36(25(3)35(53)41(6,43)38(54)58-30)59-37-33(52)31(47(8)9)32(51)29(22-50)57-37/h14-16,20-21,23-26,29-34,36-37,46,50-52H,11-13,17-19,22H2,1-10H3/t24-,25+,26-,29-,30-,31+,32-,33-,34-,36-,37+,40+,41+,42-/m1/s1. The first-order valence-electron chi connectivity index (χ1n) is 20.9. The smallest absolute Gasteiger partial charge is 0.410 e. The number of cyclic esters (lactones) is 1. The van der Waals surface area contributed by atoms with E-state index in [9.17, 15) is 29.7 Å². The Kier molecular flexibility index (Phi) is 15.2. The molecule has 60 heavy (non-hydrogen) atoms. The van der Waals surface area contributed by atoms with Crippen molar-refractivity contribution in [2.75, 3.05) is 34.4 Å². The fourth-order valence-corrected chi connectivity index (χ4v) is 9.46. The maximum atomic E-state index is 16.9. The molecule has 14 atom stereocenters. The number of hydrogen-bond acceptors (Lipinski definition) is 15. The molecule has 0 spiro atoms. The van der Waals surface area contributed by atoms with Crippen molar-refractivity contribution >= 4 is 17.8 Å². The first-order chi connectivity index (χ1) is 28.2. The van der Waals surface area contributed by atoms with Gasteiger partial charge in [-0.1, -0.05) is 13.8 Å². The molecule has 5 heterocycles. The number of halogens is 1. The fourth-order valence-electron chi connectivity index (χ4n) is 9.46. The molecule has 0 saturated carbocycles. The number of carbonyl (C=O) groups is 3. The van der Waals surface area contributed by atoms with Crippen LogP contribution in [0.1, 0.15) is 74.1 Å². The van der Waals surface area contributed by atoms with Crippen LogP contribution in [0.15, 0.2) is 37.1 Å². The molecule has 4 N–H and O–H groups in total. The average Bonchev–Trinajstić information content (AvgIpc) is 3.78. The second-order valence-electron chi connectivity index (χ2n) is 17.4. The molecule has 0 radical (unpaired) electrons. The second kappa shape index (κ2) is 19.2. The molecule has 3 fully saturated rings. The number of nitrogens with zero attached hydrogens (tertiary/aromatic N) is 5. The molecule has 3 aliphatic heterocycles. The van der Waals surface area contributed by atoms with Crippen LogP contribution in [-0.4, -0.2) is 170 Å². The Labute approximate surface area is 351 Å². The Hall–Kier alpha value is -3.62. The van der Waals surface area contributed by atoms with Gasteiger partial charge in [0.2, 0.25) is 0 Å². The van der Waals surface area contributed by atoms with Gasteiger partial charge in [-0.25, -0.2) is 19.0 Å². The van der Waals surface area contributed by atoms with E-state index in [4.69, 9.17) is 23.7 Å². The van der Waals surface area contributed by atoms with Crippen LogP contribution >= 0.6 is 0 Å². The third kappa shape index (κ3) is 9.55. The molecule has 18 heteroatoms. The highest BCUT2D eigenvalue weighted by Gasteiger charge is 2.61. The first-order valence-corrected chi connectivity index (χ1v) is 20.9. The number of aliphatic hydroxyl groups excluding tert-OH is 3. The molecule has 0 aromatic carbocycles. The number of esters is 1. The lowest BCUT2D eigenvalue weighted by molar-refractivity contribution is -0.319. The third-order valence-electron chi connectivity index (χ3n) is 12.6. The van der Waals surface area contributed by atoms with Crippen LogP contribution in [0.4, 0.5) is 9.18 Å². The quantitative estimate of drug-likeness (QED) is 0.138. The van der Waals surface area contributed by atoms with Gasteiger partial charge in [0.15, 0.2) is 17.7 Å². The summed E-state index contributed by atoms with van der Waals surface area (Å²) in [5, 5.41) is 36.0. The van der Waals surface area contributed by atoms with Crippen molar-refractivity contribution in [1.29, 1.82) is 0 Å². The van der Waals surface area contributed by atoms with Crippen molar-refractivity contribution in [1.82, 2.24) is 29.7 Å². The van der Waals surface area contributed by atoms with Gasteiger partial charge in [-0.05, 0) is 86.5 Å². The van der Waals surface area contributed by atoms with Crippen molar-refractivity contribution in [3.05, 3.63) is 37.1 Å². The molecule has 0 aliphatic carbocycles. The molecule has 2 aromatic heterocycles. The lowest BCUT2D eigenvalue weighted by Gasteiger charge is -2.49. The minimum absolute atomic E-state index is 0.136. The van der Waals surface area contributed by atoms with E-state index in [0.717, 1.165) is 18.2 Å². The number of likely N-dealkylation sites (N-methyl/N-ethyl adjacent to an activating group) is 1. The van der Waals surface area contributed by atoms with E-state index in [1.165, 1.54) is 14.0 Å². The SMILES string of the molecule is CC[C@H]1OC(=O)[C@@](C)(F)C(=O)[C@H](C)[C@@H](O[C@@H]2O[C@H](CO)[C@@H](O)[C@H](N(C)C)[C@H]2O)[C@@](C)(OC)C[C@@H](C)N[C@H](C)[C@H]2N(CCCCn3cnc(-c4cccnc4)c3)C(=O)O[C@]12C. The number of aliphatic hydroxyl groups is 3. The Bertz CT molecular complexity index is 1770. The third-order valence-corrected chi connectivity index (χ3v) is 12.6. The number of Topliss-reactive ketones (excluding diaryl/α,β-unsaturated/α-hetero) is 1. The molecular formula is C42H65FN6O11. The summed E-state index contributed by atoms with van der Waals surface area (Å²) in [5.74, 6) is -4.03. The van der Waals surface area contributed by atoms with Gasteiger partial charge in [0.1, 0.15) is 24.4 Å². The van der Waals surface area contributed by atoms with Crippen LogP contribution < -0.4 is 5.32 Å².